The third kappa shape index (κ3) is 2.40. The Hall–Kier alpha value is -0.840. The van der Waals surface area contributed by atoms with Gasteiger partial charge in [-0.2, -0.15) is 5.10 Å². The number of carbonyl (C=O) groups excluding carboxylic acids is 1. The van der Waals surface area contributed by atoms with Crippen LogP contribution in [0.4, 0.5) is 0 Å². The van der Waals surface area contributed by atoms with Crippen molar-refractivity contribution < 1.29 is 9.53 Å². The molecule has 5 heteroatoms. The quantitative estimate of drug-likeness (QED) is 0.789. The van der Waals surface area contributed by atoms with Crippen LogP contribution in [0.5, 0.6) is 0 Å². The molecule has 0 radical (unpaired) electrons. The number of nitrogens with zero attached hydrogens (tertiary/aromatic N) is 2. The lowest BCUT2D eigenvalue weighted by atomic mass is 10.2. The molecule has 1 aromatic rings. The van der Waals surface area contributed by atoms with Crippen molar-refractivity contribution in [3.8, 4) is 0 Å². The third-order valence-corrected chi connectivity index (χ3v) is 2.86. The second-order valence-electron chi connectivity index (χ2n) is 3.67. The average Bonchev–Trinajstić information content (AvgIpc) is 2.91. The van der Waals surface area contributed by atoms with E-state index in [1.54, 1.807) is 10.9 Å². The van der Waals surface area contributed by atoms with Crippen LogP contribution < -0.4 is 0 Å². The Bertz CT molecular complexity index is 360. The van der Waals surface area contributed by atoms with Crippen LogP contribution in [0.1, 0.15) is 25.8 Å². The van der Waals surface area contributed by atoms with Crippen LogP contribution >= 0.6 is 15.9 Å². The second-order valence-corrected chi connectivity index (χ2v) is 4.59. The van der Waals surface area contributed by atoms with E-state index in [0.29, 0.717) is 12.5 Å². The largest absolute Gasteiger partial charge is 0.464 e. The molecule has 0 bridgehead atoms. The van der Waals surface area contributed by atoms with Crippen LogP contribution in [-0.4, -0.2) is 22.4 Å². The fraction of sp³-hybridized carbons (Fsp3) is 0.600. The van der Waals surface area contributed by atoms with Gasteiger partial charge in [-0.3, -0.25) is 4.68 Å². The summed E-state index contributed by atoms with van der Waals surface area (Å²) >= 11 is 3.32. The summed E-state index contributed by atoms with van der Waals surface area (Å²) in [4.78, 5) is 11.7. The van der Waals surface area contributed by atoms with Crippen molar-refractivity contribution in [2.24, 2.45) is 5.92 Å². The van der Waals surface area contributed by atoms with E-state index in [-0.39, 0.29) is 12.0 Å². The third-order valence-electron chi connectivity index (χ3n) is 2.45. The highest BCUT2D eigenvalue weighted by Crippen LogP contribution is 2.40. The van der Waals surface area contributed by atoms with Crippen LogP contribution in [0.15, 0.2) is 16.9 Å². The first kappa shape index (κ1) is 10.7. The molecule has 1 fully saturated rings. The van der Waals surface area contributed by atoms with E-state index in [2.05, 4.69) is 21.0 Å². The monoisotopic (exact) mass is 272 g/mol. The van der Waals surface area contributed by atoms with Gasteiger partial charge in [-0.25, -0.2) is 4.79 Å². The molecule has 1 heterocycles. The first-order valence-corrected chi connectivity index (χ1v) is 5.88. The van der Waals surface area contributed by atoms with Gasteiger partial charge in [-0.05, 0) is 41.6 Å². The van der Waals surface area contributed by atoms with Crippen molar-refractivity contribution in [3.05, 3.63) is 16.9 Å². The van der Waals surface area contributed by atoms with Gasteiger partial charge in [0.1, 0.15) is 0 Å². The lowest BCUT2D eigenvalue weighted by Gasteiger charge is -2.14. The Balaban J connectivity index is 2.15. The first-order valence-electron chi connectivity index (χ1n) is 5.08. The number of aromatic nitrogens is 2. The normalized spacial score (nSPS) is 17.5. The fourth-order valence-electron chi connectivity index (χ4n) is 1.62. The van der Waals surface area contributed by atoms with Crippen LogP contribution in [-0.2, 0) is 9.53 Å². The first-order chi connectivity index (χ1) is 7.22. The summed E-state index contributed by atoms with van der Waals surface area (Å²) in [7, 11) is 0. The summed E-state index contributed by atoms with van der Waals surface area (Å²) < 4.78 is 7.63. The standard InChI is InChI=1S/C10H13BrN2O2/c1-2-15-10(14)9(7-3-4-7)13-6-8(11)5-12-13/h5-7,9H,2-4H2,1H3. The van der Waals surface area contributed by atoms with Crippen LogP contribution in [0, 0.1) is 5.92 Å². The average molecular weight is 273 g/mol. The molecule has 2 rings (SSSR count). The van der Waals surface area contributed by atoms with E-state index in [1.165, 1.54) is 0 Å². The van der Waals surface area contributed by atoms with E-state index in [0.717, 1.165) is 17.3 Å². The number of ether oxygens (including phenoxy) is 1. The summed E-state index contributed by atoms with van der Waals surface area (Å²) in [5.41, 5.74) is 0. The predicted octanol–water partition coefficient (Wildman–Crippen LogP) is 2.16. The topological polar surface area (TPSA) is 44.1 Å². The zero-order chi connectivity index (χ0) is 10.8. The minimum absolute atomic E-state index is 0.171. The van der Waals surface area contributed by atoms with Gasteiger partial charge in [0.2, 0.25) is 0 Å². The van der Waals surface area contributed by atoms with Crippen molar-refractivity contribution in [2.45, 2.75) is 25.8 Å². The van der Waals surface area contributed by atoms with Crippen LogP contribution in [0.25, 0.3) is 0 Å². The molecule has 1 unspecified atom stereocenters. The lowest BCUT2D eigenvalue weighted by Crippen LogP contribution is -2.24. The fourth-order valence-corrected chi connectivity index (χ4v) is 1.92. The minimum atomic E-state index is -0.240. The van der Waals surface area contributed by atoms with Gasteiger partial charge < -0.3 is 4.74 Å². The van der Waals surface area contributed by atoms with Gasteiger partial charge in [-0.15, -0.1) is 0 Å². The number of halogens is 1. The molecule has 82 valence electrons. The highest BCUT2D eigenvalue weighted by Gasteiger charge is 2.39. The summed E-state index contributed by atoms with van der Waals surface area (Å²) in [5.74, 6) is 0.228. The minimum Gasteiger partial charge on any atom is -0.464 e. The van der Waals surface area contributed by atoms with E-state index < -0.39 is 0 Å². The molecule has 15 heavy (non-hydrogen) atoms. The zero-order valence-corrected chi connectivity index (χ0v) is 10.1. The van der Waals surface area contributed by atoms with E-state index >= 15 is 0 Å². The Kier molecular flexibility index (Phi) is 3.09. The molecule has 1 aliphatic carbocycles. The molecule has 4 nitrogen and oxygen atoms in total. The summed E-state index contributed by atoms with van der Waals surface area (Å²) in [6.45, 7) is 2.24. The Morgan fingerprint density at radius 1 is 1.80 bits per heavy atom. The van der Waals surface area contributed by atoms with Gasteiger partial charge in [0.15, 0.2) is 6.04 Å². The summed E-state index contributed by atoms with van der Waals surface area (Å²) in [6, 6.07) is -0.240. The molecule has 0 amide bonds. The number of hydrogen-bond donors (Lipinski definition) is 0. The maximum Gasteiger partial charge on any atom is 0.331 e. The Morgan fingerprint density at radius 3 is 3.00 bits per heavy atom. The van der Waals surface area contributed by atoms with Crippen molar-refractivity contribution in [1.82, 2.24) is 9.78 Å². The smallest absolute Gasteiger partial charge is 0.331 e. The van der Waals surface area contributed by atoms with Gasteiger partial charge in [0.25, 0.3) is 0 Å². The molecule has 0 N–H and O–H groups in total. The number of esters is 1. The molecule has 0 aliphatic heterocycles. The molecule has 0 spiro atoms. The van der Waals surface area contributed by atoms with Gasteiger partial charge in [0.05, 0.1) is 17.3 Å². The van der Waals surface area contributed by atoms with Crippen LogP contribution in [0.2, 0.25) is 0 Å². The van der Waals surface area contributed by atoms with Gasteiger partial charge >= 0.3 is 5.97 Å². The molecular formula is C10H13BrN2O2. The molecule has 1 saturated carbocycles. The molecular weight excluding hydrogens is 260 g/mol. The van der Waals surface area contributed by atoms with E-state index in [9.17, 15) is 4.79 Å². The highest BCUT2D eigenvalue weighted by molar-refractivity contribution is 9.10. The van der Waals surface area contributed by atoms with Crippen molar-refractivity contribution in [1.29, 1.82) is 0 Å². The maximum absolute atomic E-state index is 11.7. The number of rotatable bonds is 4. The molecule has 1 aliphatic rings. The summed E-state index contributed by atoms with van der Waals surface area (Å²) in [6.07, 6.45) is 5.68. The van der Waals surface area contributed by atoms with Crippen molar-refractivity contribution in [2.75, 3.05) is 6.61 Å². The SMILES string of the molecule is CCOC(=O)C(C1CC1)n1cc(Br)cn1. The zero-order valence-electron chi connectivity index (χ0n) is 8.52. The molecule has 0 aromatic carbocycles. The molecule has 1 atom stereocenters. The Labute approximate surface area is 96.7 Å². The van der Waals surface area contributed by atoms with E-state index in [1.807, 2.05) is 13.1 Å². The van der Waals surface area contributed by atoms with Crippen LogP contribution in [0.3, 0.4) is 0 Å². The second kappa shape index (κ2) is 4.35. The summed E-state index contributed by atoms with van der Waals surface area (Å²) in [5, 5.41) is 4.15. The molecule has 1 aromatic heterocycles. The van der Waals surface area contributed by atoms with Crippen molar-refractivity contribution >= 4 is 21.9 Å². The maximum atomic E-state index is 11.7. The predicted molar refractivity (Wildman–Crippen MR) is 58.3 cm³/mol. The number of carbonyl (C=O) groups is 1. The van der Waals surface area contributed by atoms with Gasteiger partial charge in [0, 0.05) is 6.20 Å². The van der Waals surface area contributed by atoms with E-state index in [4.69, 9.17) is 4.74 Å². The van der Waals surface area contributed by atoms with Gasteiger partial charge in [-0.1, -0.05) is 0 Å². The number of hydrogen-bond acceptors (Lipinski definition) is 3. The molecule has 0 saturated heterocycles. The lowest BCUT2D eigenvalue weighted by molar-refractivity contribution is -0.148. The highest BCUT2D eigenvalue weighted by atomic mass is 79.9. The Morgan fingerprint density at radius 2 is 2.53 bits per heavy atom. The van der Waals surface area contributed by atoms with Crippen molar-refractivity contribution in [3.63, 3.8) is 0 Å².